The zero-order chi connectivity index (χ0) is 18.8. The molecular formula is C21H22N2O2S. The first-order chi connectivity index (χ1) is 12.4. The second kappa shape index (κ2) is 7.46. The molecule has 1 heterocycles. The van der Waals surface area contributed by atoms with Gasteiger partial charge in [-0.15, -0.1) is 0 Å². The molecule has 0 saturated heterocycles. The van der Waals surface area contributed by atoms with E-state index in [0.29, 0.717) is 22.6 Å². The van der Waals surface area contributed by atoms with E-state index in [0.717, 1.165) is 16.7 Å². The van der Waals surface area contributed by atoms with Crippen LogP contribution in [0.2, 0.25) is 0 Å². The van der Waals surface area contributed by atoms with Crippen molar-refractivity contribution in [2.45, 2.75) is 44.6 Å². The maximum atomic E-state index is 12.9. The minimum atomic E-state index is -0.332. The number of fused-ring (bicyclic) bond motifs is 1. The fourth-order valence-electron chi connectivity index (χ4n) is 2.95. The number of benzene rings is 2. The van der Waals surface area contributed by atoms with Crippen LogP contribution in [0, 0.1) is 13.8 Å². The summed E-state index contributed by atoms with van der Waals surface area (Å²) in [5, 5.41) is 0.857. The molecule has 0 fully saturated rings. The summed E-state index contributed by atoms with van der Waals surface area (Å²) in [6.07, 6.45) is 0. The first-order valence-corrected chi connectivity index (χ1v) is 9.58. The lowest BCUT2D eigenvalue weighted by atomic mass is 10.0. The summed E-state index contributed by atoms with van der Waals surface area (Å²) in [6.45, 7) is 8.23. The number of thioether (sulfide) groups is 1. The van der Waals surface area contributed by atoms with Crippen LogP contribution in [0.3, 0.4) is 0 Å². The van der Waals surface area contributed by atoms with Crippen molar-refractivity contribution in [2.75, 3.05) is 0 Å². The summed E-state index contributed by atoms with van der Waals surface area (Å²) in [6, 6.07) is 13.2. The number of para-hydroxylation sites is 1. The number of hydrogen-bond donors (Lipinski definition) is 0. The average Bonchev–Trinajstić information content (AvgIpc) is 2.63. The molecule has 2 aromatic carbocycles. The van der Waals surface area contributed by atoms with Crippen molar-refractivity contribution < 1.29 is 4.79 Å². The van der Waals surface area contributed by atoms with Crippen molar-refractivity contribution in [3.63, 3.8) is 0 Å². The molecule has 1 unspecified atom stereocenters. The highest BCUT2D eigenvalue weighted by Crippen LogP contribution is 2.26. The molecule has 0 saturated carbocycles. The van der Waals surface area contributed by atoms with Gasteiger partial charge in [0.1, 0.15) is 0 Å². The number of aryl methyl sites for hydroxylation is 2. The Morgan fingerprint density at radius 1 is 1.19 bits per heavy atom. The van der Waals surface area contributed by atoms with Gasteiger partial charge in [0, 0.05) is 12.1 Å². The Balaban J connectivity index is 1.99. The smallest absolute Gasteiger partial charge is 0.262 e. The third-order valence-corrected chi connectivity index (χ3v) is 5.54. The van der Waals surface area contributed by atoms with Crippen LogP contribution >= 0.6 is 11.8 Å². The lowest BCUT2D eigenvalue weighted by molar-refractivity contribution is 0.0993. The molecule has 0 spiro atoms. The SMILES string of the molecule is CCn1c(SC(C)C(=O)c2cc(C)ccc2C)nc2ccccc2c1=O. The largest absolute Gasteiger partial charge is 0.293 e. The van der Waals surface area contributed by atoms with Gasteiger partial charge in [-0.2, -0.15) is 0 Å². The number of carbonyl (C=O) groups excluding carboxylic acids is 1. The molecule has 0 aliphatic heterocycles. The van der Waals surface area contributed by atoms with Crippen LogP contribution in [-0.4, -0.2) is 20.6 Å². The molecule has 4 nitrogen and oxygen atoms in total. The molecule has 3 aromatic rings. The van der Waals surface area contributed by atoms with E-state index in [4.69, 9.17) is 0 Å². The molecule has 3 rings (SSSR count). The van der Waals surface area contributed by atoms with E-state index in [1.54, 1.807) is 10.6 Å². The zero-order valence-corrected chi connectivity index (χ0v) is 16.3. The van der Waals surface area contributed by atoms with Crippen LogP contribution in [0.25, 0.3) is 10.9 Å². The van der Waals surface area contributed by atoms with Crippen LogP contribution in [0.4, 0.5) is 0 Å². The van der Waals surface area contributed by atoms with Gasteiger partial charge in [0.05, 0.1) is 16.2 Å². The fraction of sp³-hybridized carbons (Fsp3) is 0.286. The summed E-state index contributed by atoms with van der Waals surface area (Å²) in [5.41, 5.74) is 3.36. The van der Waals surface area contributed by atoms with Gasteiger partial charge < -0.3 is 0 Å². The predicted octanol–water partition coefficient (Wildman–Crippen LogP) is 4.40. The molecule has 134 valence electrons. The van der Waals surface area contributed by atoms with Crippen LogP contribution < -0.4 is 5.56 Å². The van der Waals surface area contributed by atoms with E-state index >= 15 is 0 Å². The highest BCUT2D eigenvalue weighted by atomic mass is 32.2. The average molecular weight is 366 g/mol. The maximum absolute atomic E-state index is 12.9. The molecule has 0 aliphatic rings. The highest BCUT2D eigenvalue weighted by Gasteiger charge is 2.21. The van der Waals surface area contributed by atoms with E-state index < -0.39 is 0 Å². The van der Waals surface area contributed by atoms with Gasteiger partial charge in [0.2, 0.25) is 0 Å². The maximum Gasteiger partial charge on any atom is 0.262 e. The molecule has 1 atom stereocenters. The summed E-state index contributed by atoms with van der Waals surface area (Å²) in [7, 11) is 0. The topological polar surface area (TPSA) is 52.0 Å². The van der Waals surface area contributed by atoms with E-state index in [1.165, 1.54) is 11.8 Å². The Bertz CT molecular complexity index is 1040. The standard InChI is InChI=1S/C21H22N2O2S/c1-5-23-20(25)16-8-6-7-9-18(16)22-21(23)26-15(4)19(24)17-12-13(2)10-11-14(17)3/h6-12,15H,5H2,1-4H3. The third-order valence-electron chi connectivity index (χ3n) is 4.45. The van der Waals surface area contributed by atoms with E-state index in [1.807, 2.05) is 64.1 Å². The first kappa shape index (κ1) is 18.4. The Hall–Kier alpha value is -2.40. The van der Waals surface area contributed by atoms with E-state index in [9.17, 15) is 9.59 Å². The number of Topliss-reactive ketones (excluding diaryl/α,β-unsaturated/α-hetero) is 1. The number of carbonyl (C=O) groups is 1. The molecular weight excluding hydrogens is 344 g/mol. The van der Waals surface area contributed by atoms with E-state index in [2.05, 4.69) is 4.98 Å². The molecule has 26 heavy (non-hydrogen) atoms. The minimum Gasteiger partial charge on any atom is -0.293 e. The van der Waals surface area contributed by atoms with Crippen molar-refractivity contribution in [1.82, 2.24) is 9.55 Å². The van der Waals surface area contributed by atoms with Gasteiger partial charge in [0.25, 0.3) is 5.56 Å². The van der Waals surface area contributed by atoms with Crippen LogP contribution in [0.15, 0.2) is 52.4 Å². The van der Waals surface area contributed by atoms with Crippen LogP contribution in [0.1, 0.15) is 35.3 Å². The minimum absolute atomic E-state index is 0.0567. The zero-order valence-electron chi connectivity index (χ0n) is 15.4. The summed E-state index contributed by atoms with van der Waals surface area (Å²) in [4.78, 5) is 30.3. The lowest BCUT2D eigenvalue weighted by Crippen LogP contribution is -2.24. The molecule has 0 amide bonds. The van der Waals surface area contributed by atoms with Gasteiger partial charge in [-0.25, -0.2) is 4.98 Å². The molecule has 0 aliphatic carbocycles. The Kier molecular flexibility index (Phi) is 5.28. The Morgan fingerprint density at radius 2 is 1.92 bits per heavy atom. The molecule has 0 bridgehead atoms. The quantitative estimate of drug-likeness (QED) is 0.382. The number of nitrogens with zero attached hydrogens (tertiary/aromatic N) is 2. The lowest BCUT2D eigenvalue weighted by Gasteiger charge is -2.16. The highest BCUT2D eigenvalue weighted by molar-refractivity contribution is 8.00. The van der Waals surface area contributed by atoms with Crippen molar-refractivity contribution in [3.8, 4) is 0 Å². The summed E-state index contributed by atoms with van der Waals surface area (Å²) >= 11 is 1.34. The normalized spacial score (nSPS) is 12.3. The van der Waals surface area contributed by atoms with Crippen LogP contribution in [-0.2, 0) is 6.54 Å². The van der Waals surface area contributed by atoms with Crippen molar-refractivity contribution >= 4 is 28.4 Å². The number of rotatable bonds is 5. The number of hydrogen-bond acceptors (Lipinski definition) is 4. The van der Waals surface area contributed by atoms with Crippen molar-refractivity contribution in [3.05, 3.63) is 69.5 Å². The van der Waals surface area contributed by atoms with Gasteiger partial charge in [-0.1, -0.05) is 41.6 Å². The van der Waals surface area contributed by atoms with Crippen LogP contribution in [0.5, 0.6) is 0 Å². The Morgan fingerprint density at radius 3 is 2.65 bits per heavy atom. The molecule has 0 N–H and O–H groups in total. The number of aromatic nitrogens is 2. The van der Waals surface area contributed by atoms with E-state index in [-0.39, 0.29) is 16.6 Å². The molecule has 0 radical (unpaired) electrons. The monoisotopic (exact) mass is 366 g/mol. The first-order valence-electron chi connectivity index (χ1n) is 8.70. The van der Waals surface area contributed by atoms with Gasteiger partial charge in [0.15, 0.2) is 10.9 Å². The van der Waals surface area contributed by atoms with Crippen molar-refractivity contribution in [1.29, 1.82) is 0 Å². The van der Waals surface area contributed by atoms with Gasteiger partial charge >= 0.3 is 0 Å². The third kappa shape index (κ3) is 3.44. The fourth-order valence-corrected chi connectivity index (χ4v) is 3.99. The second-order valence-corrected chi connectivity index (χ2v) is 7.71. The summed E-state index contributed by atoms with van der Waals surface area (Å²) in [5.74, 6) is 0.0567. The molecule has 5 heteroatoms. The Labute approximate surface area is 157 Å². The van der Waals surface area contributed by atoms with Gasteiger partial charge in [-0.3, -0.25) is 14.2 Å². The molecule has 1 aromatic heterocycles. The summed E-state index contributed by atoms with van der Waals surface area (Å²) < 4.78 is 1.64. The van der Waals surface area contributed by atoms with Crippen molar-refractivity contribution in [2.24, 2.45) is 0 Å². The number of ketones is 1. The second-order valence-electron chi connectivity index (χ2n) is 6.40. The van der Waals surface area contributed by atoms with Gasteiger partial charge in [-0.05, 0) is 51.5 Å². The predicted molar refractivity (Wildman–Crippen MR) is 107 cm³/mol.